The third-order valence-electron chi connectivity index (χ3n) is 3.45. The molecule has 1 heterocycles. The van der Waals surface area contributed by atoms with Gasteiger partial charge < -0.3 is 5.32 Å². The molecule has 0 saturated heterocycles. The lowest BCUT2D eigenvalue weighted by atomic mass is 10.0. The summed E-state index contributed by atoms with van der Waals surface area (Å²) in [5, 5.41) is 5.73. The van der Waals surface area contributed by atoms with Crippen LogP contribution in [0.2, 0.25) is 0 Å². The number of hydrogen-bond acceptors (Lipinski definition) is 3. The van der Waals surface area contributed by atoms with Crippen molar-refractivity contribution in [3.05, 3.63) is 16.6 Å². The summed E-state index contributed by atoms with van der Waals surface area (Å²) in [5.41, 5.74) is 3.15. The Kier molecular flexibility index (Phi) is 5.29. The molecule has 1 fully saturated rings. The zero-order valence-electron chi connectivity index (χ0n) is 9.95. The Hall–Kier alpha value is -0.410. The van der Waals surface area contributed by atoms with E-state index in [1.165, 1.54) is 50.8 Å². The van der Waals surface area contributed by atoms with E-state index in [9.17, 15) is 0 Å². The maximum atomic E-state index is 4.29. The number of nitrogens with zero attached hydrogens (tertiary/aromatic N) is 1. The molecule has 0 unspecified atom stereocenters. The standard InChI is InChI=1S/C13H22N2S/c1-2-4-6-12(5-3-1)9-14-8-7-13-10-16-11-15-13/h10-12,14H,1-9H2. The summed E-state index contributed by atoms with van der Waals surface area (Å²) in [7, 11) is 0. The summed E-state index contributed by atoms with van der Waals surface area (Å²) in [4.78, 5) is 4.29. The number of nitrogens with one attached hydrogen (secondary N) is 1. The van der Waals surface area contributed by atoms with E-state index in [4.69, 9.17) is 0 Å². The SMILES string of the molecule is c1nc(CCNCC2CCCCCC2)cs1. The smallest absolute Gasteiger partial charge is 0.0794 e. The van der Waals surface area contributed by atoms with E-state index in [0.29, 0.717) is 0 Å². The summed E-state index contributed by atoms with van der Waals surface area (Å²) < 4.78 is 0. The molecule has 2 nitrogen and oxygen atoms in total. The molecule has 0 aliphatic heterocycles. The van der Waals surface area contributed by atoms with Gasteiger partial charge in [0.25, 0.3) is 0 Å². The van der Waals surface area contributed by atoms with Gasteiger partial charge in [0.1, 0.15) is 0 Å². The van der Waals surface area contributed by atoms with E-state index in [1.54, 1.807) is 11.3 Å². The summed E-state index contributed by atoms with van der Waals surface area (Å²) in [6, 6.07) is 0. The first-order valence-electron chi connectivity index (χ1n) is 6.53. The first-order chi connectivity index (χ1) is 7.95. The highest BCUT2D eigenvalue weighted by molar-refractivity contribution is 7.07. The van der Waals surface area contributed by atoms with E-state index in [1.807, 2.05) is 5.51 Å². The van der Waals surface area contributed by atoms with Crippen molar-refractivity contribution in [3.8, 4) is 0 Å². The zero-order valence-corrected chi connectivity index (χ0v) is 10.8. The molecule has 2 rings (SSSR count). The van der Waals surface area contributed by atoms with Crippen molar-refractivity contribution >= 4 is 11.3 Å². The molecule has 1 aliphatic carbocycles. The highest BCUT2D eigenvalue weighted by Crippen LogP contribution is 2.21. The van der Waals surface area contributed by atoms with Crippen molar-refractivity contribution in [3.63, 3.8) is 0 Å². The number of rotatable bonds is 5. The molecule has 0 atom stereocenters. The average molecular weight is 238 g/mol. The number of aromatic nitrogens is 1. The van der Waals surface area contributed by atoms with E-state index >= 15 is 0 Å². The van der Waals surface area contributed by atoms with Gasteiger partial charge in [-0.1, -0.05) is 25.7 Å². The third kappa shape index (κ3) is 4.22. The molecule has 1 aliphatic rings. The van der Waals surface area contributed by atoms with Gasteiger partial charge in [-0.25, -0.2) is 4.98 Å². The second kappa shape index (κ2) is 7.02. The molecule has 1 aromatic heterocycles. The maximum Gasteiger partial charge on any atom is 0.0794 e. The van der Waals surface area contributed by atoms with Gasteiger partial charge in [0.15, 0.2) is 0 Å². The molecule has 1 saturated carbocycles. The Morgan fingerprint density at radius 2 is 2.06 bits per heavy atom. The predicted molar refractivity (Wildman–Crippen MR) is 69.9 cm³/mol. The third-order valence-corrected chi connectivity index (χ3v) is 4.08. The van der Waals surface area contributed by atoms with Crippen LogP contribution >= 0.6 is 11.3 Å². The van der Waals surface area contributed by atoms with Crippen LogP contribution in [0.5, 0.6) is 0 Å². The molecular formula is C13H22N2S. The van der Waals surface area contributed by atoms with Gasteiger partial charge in [-0.15, -0.1) is 11.3 Å². The highest BCUT2D eigenvalue weighted by Gasteiger charge is 2.11. The van der Waals surface area contributed by atoms with E-state index in [2.05, 4.69) is 15.7 Å². The van der Waals surface area contributed by atoms with Crippen molar-refractivity contribution in [1.29, 1.82) is 0 Å². The Bertz CT molecular complexity index is 263. The summed E-state index contributed by atoms with van der Waals surface area (Å²) in [5.74, 6) is 0.929. The predicted octanol–water partition coefficient (Wildman–Crippen LogP) is 3.25. The van der Waals surface area contributed by atoms with Crippen molar-refractivity contribution < 1.29 is 0 Å². The van der Waals surface area contributed by atoms with Gasteiger partial charge in [-0.2, -0.15) is 0 Å². The van der Waals surface area contributed by atoms with E-state index in [-0.39, 0.29) is 0 Å². The van der Waals surface area contributed by atoms with Crippen molar-refractivity contribution in [1.82, 2.24) is 10.3 Å². The van der Waals surface area contributed by atoms with Gasteiger partial charge in [-0.05, 0) is 25.3 Å². The van der Waals surface area contributed by atoms with Crippen LogP contribution in [0.3, 0.4) is 0 Å². The average Bonchev–Trinajstić information content (AvgIpc) is 2.68. The highest BCUT2D eigenvalue weighted by atomic mass is 32.1. The molecule has 1 aromatic rings. The van der Waals surface area contributed by atoms with Gasteiger partial charge >= 0.3 is 0 Å². The Labute approximate surface area is 102 Å². The molecule has 0 aromatic carbocycles. The second-order valence-corrected chi connectivity index (χ2v) is 5.51. The Balaban J connectivity index is 1.56. The summed E-state index contributed by atoms with van der Waals surface area (Å²) in [6.45, 7) is 2.30. The van der Waals surface area contributed by atoms with Gasteiger partial charge in [0.05, 0.1) is 11.2 Å². The minimum absolute atomic E-state index is 0.929. The second-order valence-electron chi connectivity index (χ2n) is 4.79. The molecule has 3 heteroatoms. The first kappa shape index (κ1) is 12.1. The van der Waals surface area contributed by atoms with Gasteiger partial charge in [0.2, 0.25) is 0 Å². The van der Waals surface area contributed by atoms with Crippen LogP contribution in [-0.4, -0.2) is 18.1 Å². The molecule has 0 bridgehead atoms. The lowest BCUT2D eigenvalue weighted by molar-refractivity contribution is 0.427. The van der Waals surface area contributed by atoms with Crippen LogP contribution < -0.4 is 5.32 Å². The largest absolute Gasteiger partial charge is 0.316 e. The summed E-state index contributed by atoms with van der Waals surface area (Å²) >= 11 is 1.69. The Morgan fingerprint density at radius 1 is 1.25 bits per heavy atom. The molecule has 0 amide bonds. The van der Waals surface area contributed by atoms with Gasteiger partial charge in [-0.3, -0.25) is 0 Å². The molecule has 1 N–H and O–H groups in total. The molecule has 16 heavy (non-hydrogen) atoms. The van der Waals surface area contributed by atoms with Gasteiger partial charge in [0, 0.05) is 18.3 Å². The lowest BCUT2D eigenvalue weighted by Crippen LogP contribution is -2.24. The van der Waals surface area contributed by atoms with Crippen LogP contribution in [-0.2, 0) is 6.42 Å². The van der Waals surface area contributed by atoms with Crippen LogP contribution in [0.1, 0.15) is 44.2 Å². The van der Waals surface area contributed by atoms with Crippen LogP contribution in [0.15, 0.2) is 10.9 Å². The van der Waals surface area contributed by atoms with Crippen molar-refractivity contribution in [2.45, 2.75) is 44.9 Å². The van der Waals surface area contributed by atoms with Crippen molar-refractivity contribution in [2.24, 2.45) is 5.92 Å². The van der Waals surface area contributed by atoms with Crippen LogP contribution in [0, 0.1) is 5.92 Å². The fraction of sp³-hybridized carbons (Fsp3) is 0.769. The monoisotopic (exact) mass is 238 g/mol. The quantitative estimate of drug-likeness (QED) is 0.629. The minimum Gasteiger partial charge on any atom is -0.316 e. The van der Waals surface area contributed by atoms with Crippen LogP contribution in [0.4, 0.5) is 0 Å². The van der Waals surface area contributed by atoms with E-state index < -0.39 is 0 Å². The fourth-order valence-corrected chi connectivity index (χ4v) is 3.04. The number of hydrogen-bond donors (Lipinski definition) is 1. The molecular weight excluding hydrogens is 216 g/mol. The first-order valence-corrected chi connectivity index (χ1v) is 7.47. The zero-order chi connectivity index (χ0) is 11.1. The topological polar surface area (TPSA) is 24.9 Å². The maximum absolute atomic E-state index is 4.29. The van der Waals surface area contributed by atoms with E-state index in [0.717, 1.165) is 18.9 Å². The molecule has 0 spiro atoms. The Morgan fingerprint density at radius 3 is 2.75 bits per heavy atom. The molecule has 90 valence electrons. The minimum atomic E-state index is 0.929. The summed E-state index contributed by atoms with van der Waals surface area (Å²) in [6.07, 6.45) is 9.74. The number of thiazole rings is 1. The normalized spacial score (nSPS) is 18.5. The van der Waals surface area contributed by atoms with Crippen LogP contribution in [0.25, 0.3) is 0 Å². The molecule has 0 radical (unpaired) electrons. The lowest BCUT2D eigenvalue weighted by Gasteiger charge is -2.14. The van der Waals surface area contributed by atoms with Crippen molar-refractivity contribution in [2.75, 3.05) is 13.1 Å². The fourth-order valence-electron chi connectivity index (χ4n) is 2.45.